The number of carbonyl (C=O) groups is 4. The third kappa shape index (κ3) is 4.60. The third-order valence-corrected chi connectivity index (χ3v) is 6.11. The number of aryl methyl sites for hydroxylation is 1. The lowest BCUT2D eigenvalue weighted by atomic mass is 9.85. The monoisotopic (exact) mass is 405 g/mol. The van der Waals surface area contributed by atoms with Crippen molar-refractivity contribution in [2.75, 3.05) is 19.6 Å². The molecule has 3 amide bonds. The number of furan rings is 1. The molecule has 1 aromatic heterocycles. The Hall–Kier alpha value is -2.84. The van der Waals surface area contributed by atoms with Gasteiger partial charge in [0.15, 0.2) is 5.76 Å². The standard InChI is InChI=1S/C19H25N3O4.CH2O2/c1-11-6-7-26-16(11)18(24)21-14-4-2-12(3-5-14)19(25)22-9-13-8-20-17(23)15(13)10-22;2-1-3/h6-7,12-15H,2-5,8-10H2,1H3,(H,20,23)(H,21,24);1H,(H,2,3)/t12?,13-,14?,15+;/m0./s1. The van der Waals surface area contributed by atoms with Crippen molar-refractivity contribution in [3.63, 3.8) is 0 Å². The molecular formula is C20H27N3O6. The zero-order chi connectivity index (χ0) is 21.0. The summed E-state index contributed by atoms with van der Waals surface area (Å²) in [5.74, 6) is 0.717. The van der Waals surface area contributed by atoms with Crippen LogP contribution in [0.25, 0.3) is 0 Å². The van der Waals surface area contributed by atoms with Crippen LogP contribution in [-0.2, 0) is 14.4 Å². The van der Waals surface area contributed by atoms with E-state index in [4.69, 9.17) is 14.3 Å². The molecule has 1 aromatic rings. The molecule has 3 heterocycles. The molecule has 0 unspecified atom stereocenters. The Morgan fingerprint density at radius 1 is 1.28 bits per heavy atom. The minimum atomic E-state index is -0.250. The zero-order valence-electron chi connectivity index (χ0n) is 16.4. The van der Waals surface area contributed by atoms with E-state index in [1.807, 2.05) is 11.8 Å². The Bertz CT molecular complexity index is 768. The summed E-state index contributed by atoms with van der Waals surface area (Å²) in [6, 6.07) is 1.86. The van der Waals surface area contributed by atoms with Crippen LogP contribution in [0.5, 0.6) is 0 Å². The molecule has 1 aliphatic carbocycles. The number of carboxylic acid groups (broad SMARTS) is 1. The third-order valence-electron chi connectivity index (χ3n) is 6.11. The van der Waals surface area contributed by atoms with E-state index in [9.17, 15) is 14.4 Å². The van der Waals surface area contributed by atoms with Gasteiger partial charge in [0.25, 0.3) is 12.4 Å². The fourth-order valence-electron chi connectivity index (χ4n) is 4.52. The van der Waals surface area contributed by atoms with Gasteiger partial charge in [-0.1, -0.05) is 0 Å². The summed E-state index contributed by atoms with van der Waals surface area (Å²) in [6.45, 7) is 3.54. The summed E-state index contributed by atoms with van der Waals surface area (Å²) in [5.41, 5.74) is 0.829. The summed E-state index contributed by atoms with van der Waals surface area (Å²) in [4.78, 5) is 47.0. The molecule has 2 aliphatic heterocycles. The summed E-state index contributed by atoms with van der Waals surface area (Å²) >= 11 is 0. The molecule has 0 bridgehead atoms. The van der Waals surface area contributed by atoms with Gasteiger partial charge in [0.1, 0.15) is 0 Å². The number of nitrogens with one attached hydrogen (secondary N) is 2. The molecule has 2 saturated heterocycles. The van der Waals surface area contributed by atoms with Gasteiger partial charge in [-0.25, -0.2) is 0 Å². The van der Waals surface area contributed by atoms with E-state index >= 15 is 0 Å². The number of hydrogen-bond acceptors (Lipinski definition) is 5. The van der Waals surface area contributed by atoms with Gasteiger partial charge in [-0.3, -0.25) is 19.2 Å². The van der Waals surface area contributed by atoms with Crippen molar-refractivity contribution < 1.29 is 28.7 Å². The van der Waals surface area contributed by atoms with E-state index in [-0.39, 0.29) is 48.0 Å². The number of likely N-dealkylation sites (tertiary alicyclic amines) is 1. The quantitative estimate of drug-likeness (QED) is 0.638. The highest BCUT2D eigenvalue weighted by Crippen LogP contribution is 2.32. The first-order valence-electron chi connectivity index (χ1n) is 9.93. The van der Waals surface area contributed by atoms with Crippen LogP contribution in [0.2, 0.25) is 0 Å². The Kier molecular flexibility index (Phi) is 6.56. The number of hydrogen-bond donors (Lipinski definition) is 3. The highest BCUT2D eigenvalue weighted by molar-refractivity contribution is 5.93. The molecule has 9 nitrogen and oxygen atoms in total. The van der Waals surface area contributed by atoms with Gasteiger partial charge in [0.2, 0.25) is 11.8 Å². The fourth-order valence-corrected chi connectivity index (χ4v) is 4.52. The molecule has 1 saturated carbocycles. The molecule has 3 aliphatic rings. The van der Waals surface area contributed by atoms with Gasteiger partial charge < -0.3 is 25.1 Å². The topological polar surface area (TPSA) is 129 Å². The predicted octanol–water partition coefficient (Wildman–Crippen LogP) is 0.782. The van der Waals surface area contributed by atoms with Gasteiger partial charge in [0.05, 0.1) is 12.2 Å². The van der Waals surface area contributed by atoms with Gasteiger partial charge >= 0.3 is 0 Å². The maximum absolute atomic E-state index is 12.8. The number of carbonyl (C=O) groups excluding carboxylic acids is 3. The largest absolute Gasteiger partial charge is 0.483 e. The van der Waals surface area contributed by atoms with Crippen LogP contribution in [0.4, 0.5) is 0 Å². The molecule has 0 spiro atoms. The van der Waals surface area contributed by atoms with Crippen LogP contribution >= 0.6 is 0 Å². The lowest BCUT2D eigenvalue weighted by molar-refractivity contribution is -0.136. The number of rotatable bonds is 3. The summed E-state index contributed by atoms with van der Waals surface area (Å²) in [7, 11) is 0. The lowest BCUT2D eigenvalue weighted by Gasteiger charge is -2.31. The minimum Gasteiger partial charge on any atom is -0.483 e. The van der Waals surface area contributed by atoms with Crippen molar-refractivity contribution in [1.29, 1.82) is 0 Å². The van der Waals surface area contributed by atoms with Crippen LogP contribution in [0.1, 0.15) is 41.8 Å². The first-order valence-corrected chi connectivity index (χ1v) is 9.93. The smallest absolute Gasteiger partial charge is 0.290 e. The molecule has 9 heteroatoms. The maximum Gasteiger partial charge on any atom is 0.290 e. The van der Waals surface area contributed by atoms with Crippen molar-refractivity contribution >= 4 is 24.2 Å². The maximum atomic E-state index is 12.8. The minimum absolute atomic E-state index is 0.00962. The Labute approximate surface area is 168 Å². The van der Waals surface area contributed by atoms with Gasteiger partial charge in [-0.05, 0) is 38.7 Å². The normalized spacial score (nSPS) is 28.0. The summed E-state index contributed by atoms with van der Waals surface area (Å²) in [5, 5.41) is 12.8. The van der Waals surface area contributed by atoms with Crippen molar-refractivity contribution in [2.24, 2.45) is 17.8 Å². The molecule has 0 radical (unpaired) electrons. The Balaban J connectivity index is 0.000000755. The van der Waals surface area contributed by atoms with E-state index in [0.717, 1.165) is 31.2 Å². The molecule has 158 valence electrons. The SMILES string of the molecule is Cc1ccoc1C(=O)NC1CCC(C(=O)N2C[C@@H]3CNC(=O)[C@@H]3C2)CC1.O=CO. The molecule has 4 rings (SSSR count). The summed E-state index contributed by atoms with van der Waals surface area (Å²) < 4.78 is 5.23. The van der Waals surface area contributed by atoms with E-state index in [1.54, 1.807) is 6.07 Å². The van der Waals surface area contributed by atoms with Crippen molar-refractivity contribution in [2.45, 2.75) is 38.6 Å². The van der Waals surface area contributed by atoms with Gasteiger partial charge in [-0.15, -0.1) is 0 Å². The lowest BCUT2D eigenvalue weighted by Crippen LogP contribution is -2.42. The van der Waals surface area contributed by atoms with E-state index < -0.39 is 0 Å². The van der Waals surface area contributed by atoms with Crippen LogP contribution < -0.4 is 10.6 Å². The summed E-state index contributed by atoms with van der Waals surface area (Å²) in [6.07, 6.45) is 4.66. The molecule has 3 fully saturated rings. The van der Waals surface area contributed by atoms with Crippen LogP contribution in [0, 0.1) is 24.7 Å². The van der Waals surface area contributed by atoms with Crippen molar-refractivity contribution in [3.8, 4) is 0 Å². The van der Waals surface area contributed by atoms with Crippen molar-refractivity contribution in [3.05, 3.63) is 23.7 Å². The zero-order valence-corrected chi connectivity index (χ0v) is 16.4. The van der Waals surface area contributed by atoms with Crippen molar-refractivity contribution in [1.82, 2.24) is 15.5 Å². The number of nitrogens with zero attached hydrogens (tertiary/aromatic N) is 1. The molecular weight excluding hydrogens is 378 g/mol. The van der Waals surface area contributed by atoms with Gasteiger partial charge in [0, 0.05) is 43.1 Å². The second-order valence-corrected chi connectivity index (χ2v) is 7.92. The molecule has 3 N–H and O–H groups in total. The molecule has 29 heavy (non-hydrogen) atoms. The highest BCUT2D eigenvalue weighted by atomic mass is 16.3. The van der Waals surface area contributed by atoms with E-state index in [0.29, 0.717) is 25.4 Å². The average molecular weight is 405 g/mol. The predicted molar refractivity (Wildman–Crippen MR) is 102 cm³/mol. The second-order valence-electron chi connectivity index (χ2n) is 7.92. The van der Waals surface area contributed by atoms with Crippen LogP contribution in [0.3, 0.4) is 0 Å². The molecule has 2 atom stereocenters. The Morgan fingerprint density at radius 2 is 1.97 bits per heavy atom. The highest BCUT2D eigenvalue weighted by Gasteiger charge is 2.44. The Morgan fingerprint density at radius 3 is 2.55 bits per heavy atom. The number of amides is 3. The first-order chi connectivity index (χ1) is 13.9. The first kappa shape index (κ1) is 20.9. The van der Waals surface area contributed by atoms with E-state index in [1.165, 1.54) is 6.26 Å². The van der Waals surface area contributed by atoms with E-state index in [2.05, 4.69) is 10.6 Å². The average Bonchev–Trinajstić information content (AvgIpc) is 3.40. The van der Waals surface area contributed by atoms with Gasteiger partial charge in [-0.2, -0.15) is 0 Å². The van der Waals surface area contributed by atoms with Crippen LogP contribution in [-0.4, -0.2) is 59.9 Å². The molecule has 0 aromatic carbocycles. The van der Waals surface area contributed by atoms with Crippen LogP contribution in [0.15, 0.2) is 16.7 Å². The number of fused-ring (bicyclic) bond motifs is 1. The second kappa shape index (κ2) is 9.11. The fraction of sp³-hybridized carbons (Fsp3) is 0.600.